The Morgan fingerprint density at radius 3 is 2.40 bits per heavy atom. The van der Waals surface area contributed by atoms with Gasteiger partial charge >= 0.3 is 0 Å². The van der Waals surface area contributed by atoms with E-state index in [1.807, 2.05) is 13.8 Å². The quantitative estimate of drug-likeness (QED) is 0.635. The molecule has 2 N–H and O–H groups in total. The van der Waals surface area contributed by atoms with Crippen LogP contribution in [0.2, 0.25) is 0 Å². The molecule has 2 aromatic carbocycles. The van der Waals surface area contributed by atoms with Crippen LogP contribution in [0.15, 0.2) is 42.5 Å². The second-order valence-electron chi connectivity index (χ2n) is 8.80. The highest BCUT2D eigenvalue weighted by Crippen LogP contribution is 2.71. The summed E-state index contributed by atoms with van der Waals surface area (Å²) < 4.78 is 26.8. The van der Waals surface area contributed by atoms with E-state index in [0.29, 0.717) is 28.2 Å². The second-order valence-corrected chi connectivity index (χ2v) is 8.80. The van der Waals surface area contributed by atoms with Gasteiger partial charge in [-0.15, -0.1) is 0 Å². The zero-order valence-electron chi connectivity index (χ0n) is 16.8. The predicted molar refractivity (Wildman–Crippen MR) is 111 cm³/mol. The lowest BCUT2D eigenvalue weighted by Crippen LogP contribution is -2.74. The Bertz CT molecular complexity index is 1140. The minimum atomic E-state index is -0.333. The highest BCUT2D eigenvalue weighted by atomic mass is 19.1. The highest BCUT2D eigenvalue weighted by Gasteiger charge is 2.70. The monoisotopic (exact) mass is 408 g/mol. The topological polar surface area (TPSA) is 66.9 Å². The van der Waals surface area contributed by atoms with Gasteiger partial charge in [0, 0.05) is 22.5 Å². The van der Waals surface area contributed by atoms with Crippen LogP contribution in [-0.2, 0) is 4.79 Å². The molecule has 1 heterocycles. The van der Waals surface area contributed by atoms with Crippen LogP contribution in [0.4, 0.5) is 20.3 Å². The van der Waals surface area contributed by atoms with Crippen molar-refractivity contribution in [2.45, 2.75) is 38.6 Å². The lowest BCUT2D eigenvalue weighted by atomic mass is 9.36. The van der Waals surface area contributed by atoms with Gasteiger partial charge in [-0.1, -0.05) is 6.92 Å². The summed E-state index contributed by atoms with van der Waals surface area (Å²) in [5, 5.41) is 7.06. The smallest absolute Gasteiger partial charge is 0.227 e. The molecule has 7 heteroatoms. The van der Waals surface area contributed by atoms with E-state index in [-0.39, 0.29) is 34.4 Å². The molecule has 3 aliphatic rings. The maximum Gasteiger partial charge on any atom is 0.227 e. The van der Waals surface area contributed by atoms with Crippen molar-refractivity contribution in [3.05, 3.63) is 59.9 Å². The van der Waals surface area contributed by atoms with Crippen LogP contribution in [-0.4, -0.2) is 21.4 Å². The Labute approximate surface area is 172 Å². The van der Waals surface area contributed by atoms with E-state index in [1.165, 1.54) is 24.3 Å². The van der Waals surface area contributed by atoms with Crippen molar-refractivity contribution in [2.75, 3.05) is 10.6 Å². The summed E-state index contributed by atoms with van der Waals surface area (Å²) in [6.45, 7) is 3.76. The van der Waals surface area contributed by atoms with Crippen LogP contribution in [0, 0.1) is 29.9 Å². The Morgan fingerprint density at radius 2 is 1.70 bits per heavy atom. The standard InChI is InChI=1S/C23H22F2N4O/c1-13(21(30)28-17-6-3-15(24)4-7-17)22-10-23(11-22,12-22)29-20-18-9-16(25)5-8-19(18)26-14(2)27-20/h3-9,13H,10-12H2,1-2H3,(H,28,30)(H,26,27,29). The molecule has 3 saturated carbocycles. The highest BCUT2D eigenvalue weighted by molar-refractivity contribution is 5.93. The Hall–Kier alpha value is -3.09. The van der Waals surface area contributed by atoms with Crippen molar-refractivity contribution in [3.8, 4) is 0 Å². The number of carbonyl (C=O) groups excluding carboxylic acids is 1. The molecular weight excluding hydrogens is 386 g/mol. The molecule has 30 heavy (non-hydrogen) atoms. The SMILES string of the molecule is Cc1nc(NC23CC(C(C)C(=O)Nc4ccc(F)cc4)(C2)C3)c2cc(F)ccc2n1. The summed E-state index contributed by atoms with van der Waals surface area (Å²) in [7, 11) is 0. The molecule has 6 rings (SSSR count). The number of aromatic nitrogens is 2. The zero-order valence-corrected chi connectivity index (χ0v) is 16.8. The van der Waals surface area contributed by atoms with Crippen molar-refractivity contribution >= 4 is 28.3 Å². The molecule has 0 aliphatic heterocycles. The normalized spacial score (nSPS) is 25.2. The first kappa shape index (κ1) is 18.9. The van der Waals surface area contributed by atoms with E-state index in [1.54, 1.807) is 18.2 Å². The third-order valence-electron chi connectivity index (χ3n) is 6.65. The van der Waals surface area contributed by atoms with E-state index < -0.39 is 0 Å². The lowest BCUT2D eigenvalue weighted by Gasteiger charge is -2.72. The number of anilines is 2. The van der Waals surface area contributed by atoms with Gasteiger partial charge in [0.1, 0.15) is 23.3 Å². The molecule has 1 atom stereocenters. The average Bonchev–Trinajstić information content (AvgIpc) is 2.65. The molecule has 3 fully saturated rings. The lowest BCUT2D eigenvalue weighted by molar-refractivity contribution is -0.166. The number of hydrogen-bond donors (Lipinski definition) is 2. The average molecular weight is 408 g/mol. The number of rotatable bonds is 5. The van der Waals surface area contributed by atoms with E-state index in [9.17, 15) is 13.6 Å². The molecule has 5 nitrogen and oxygen atoms in total. The first-order valence-corrected chi connectivity index (χ1v) is 10.1. The van der Waals surface area contributed by atoms with Crippen LogP contribution >= 0.6 is 0 Å². The number of carbonyl (C=O) groups is 1. The zero-order chi connectivity index (χ0) is 21.1. The summed E-state index contributed by atoms with van der Waals surface area (Å²) >= 11 is 0. The van der Waals surface area contributed by atoms with Crippen molar-refractivity contribution in [2.24, 2.45) is 11.3 Å². The molecule has 1 unspecified atom stereocenters. The summed E-state index contributed by atoms with van der Waals surface area (Å²) in [4.78, 5) is 21.6. The molecule has 0 radical (unpaired) electrons. The Balaban J connectivity index is 1.28. The van der Waals surface area contributed by atoms with E-state index in [2.05, 4.69) is 20.6 Å². The van der Waals surface area contributed by atoms with Crippen molar-refractivity contribution in [3.63, 3.8) is 0 Å². The van der Waals surface area contributed by atoms with Crippen LogP contribution in [0.25, 0.3) is 10.9 Å². The number of halogens is 2. The van der Waals surface area contributed by atoms with Crippen molar-refractivity contribution in [1.82, 2.24) is 9.97 Å². The fourth-order valence-corrected chi connectivity index (χ4v) is 5.08. The van der Waals surface area contributed by atoms with Crippen LogP contribution in [0.3, 0.4) is 0 Å². The molecule has 1 aromatic heterocycles. The summed E-state index contributed by atoms with van der Waals surface area (Å²) in [5.74, 6) is 0.408. The van der Waals surface area contributed by atoms with Crippen molar-refractivity contribution in [1.29, 1.82) is 0 Å². The fourth-order valence-electron chi connectivity index (χ4n) is 5.08. The van der Waals surface area contributed by atoms with Gasteiger partial charge in [-0.2, -0.15) is 0 Å². The number of nitrogens with zero attached hydrogens (tertiary/aromatic N) is 2. The van der Waals surface area contributed by atoms with Gasteiger partial charge in [-0.05, 0) is 74.1 Å². The number of fused-ring (bicyclic) bond motifs is 1. The third kappa shape index (κ3) is 3.00. The Kier molecular flexibility index (Phi) is 4.07. The first-order valence-electron chi connectivity index (χ1n) is 10.1. The molecule has 2 bridgehead atoms. The molecule has 0 spiro atoms. The number of nitrogens with one attached hydrogen (secondary N) is 2. The summed E-state index contributed by atoms with van der Waals surface area (Å²) in [5.41, 5.74) is 1.16. The van der Waals surface area contributed by atoms with Crippen molar-refractivity contribution < 1.29 is 13.6 Å². The molecule has 3 aromatic rings. The number of aryl methyl sites for hydroxylation is 1. The Morgan fingerprint density at radius 1 is 1.03 bits per heavy atom. The number of benzene rings is 2. The summed E-state index contributed by atoms with van der Waals surface area (Å²) in [6.07, 6.45) is 2.58. The molecule has 1 amide bonds. The molecule has 0 saturated heterocycles. The third-order valence-corrected chi connectivity index (χ3v) is 6.65. The minimum Gasteiger partial charge on any atom is -0.364 e. The van der Waals surface area contributed by atoms with Gasteiger partial charge in [0.25, 0.3) is 0 Å². The summed E-state index contributed by atoms with van der Waals surface area (Å²) in [6, 6.07) is 10.3. The molecule has 3 aliphatic carbocycles. The number of amides is 1. The van der Waals surface area contributed by atoms with E-state index in [4.69, 9.17) is 0 Å². The molecular formula is C23H22F2N4O. The molecule has 154 valence electrons. The van der Waals surface area contributed by atoms with E-state index in [0.717, 1.165) is 19.3 Å². The minimum absolute atomic E-state index is 0.0414. The number of hydrogen-bond acceptors (Lipinski definition) is 4. The van der Waals surface area contributed by atoms with Gasteiger partial charge in [-0.25, -0.2) is 18.7 Å². The largest absolute Gasteiger partial charge is 0.364 e. The fraction of sp³-hybridized carbons (Fsp3) is 0.348. The van der Waals surface area contributed by atoms with Gasteiger partial charge in [0.05, 0.1) is 5.52 Å². The first-order chi connectivity index (χ1) is 14.3. The maximum atomic E-state index is 13.8. The van der Waals surface area contributed by atoms with Gasteiger partial charge < -0.3 is 10.6 Å². The van der Waals surface area contributed by atoms with Gasteiger partial charge in [0.15, 0.2) is 0 Å². The van der Waals surface area contributed by atoms with Crippen LogP contribution in [0.5, 0.6) is 0 Å². The van der Waals surface area contributed by atoms with Gasteiger partial charge in [-0.3, -0.25) is 4.79 Å². The predicted octanol–water partition coefficient (Wildman–Crippen LogP) is 4.83. The maximum absolute atomic E-state index is 13.8. The van der Waals surface area contributed by atoms with E-state index >= 15 is 0 Å². The van der Waals surface area contributed by atoms with Crippen LogP contribution in [0.1, 0.15) is 32.0 Å². The van der Waals surface area contributed by atoms with Gasteiger partial charge in [0.2, 0.25) is 5.91 Å². The van der Waals surface area contributed by atoms with Crippen LogP contribution < -0.4 is 10.6 Å². The second kappa shape index (κ2) is 6.45.